The molecule has 1 aliphatic rings. The first-order valence-electron chi connectivity index (χ1n) is 5.38. The zero-order chi connectivity index (χ0) is 12.6. The summed E-state index contributed by atoms with van der Waals surface area (Å²) < 4.78 is 6.74. The van der Waals surface area contributed by atoms with Gasteiger partial charge < -0.3 is 15.6 Å². The molecule has 0 amide bonds. The van der Waals surface area contributed by atoms with Crippen molar-refractivity contribution in [2.24, 2.45) is 11.7 Å². The predicted octanol–water partition coefficient (Wildman–Crippen LogP) is -1.61. The Morgan fingerprint density at radius 3 is 2.82 bits per heavy atom. The van der Waals surface area contributed by atoms with E-state index in [0.29, 0.717) is 0 Å². The highest BCUT2D eigenvalue weighted by atomic mass is 16.5. The lowest BCUT2D eigenvalue weighted by atomic mass is 9.99. The Morgan fingerprint density at radius 2 is 2.29 bits per heavy atom. The highest BCUT2D eigenvalue weighted by Gasteiger charge is 2.40. The van der Waals surface area contributed by atoms with Gasteiger partial charge in [0.2, 0.25) is 0 Å². The Morgan fingerprint density at radius 1 is 1.59 bits per heavy atom. The lowest BCUT2D eigenvalue weighted by molar-refractivity contribution is -0.0335. The number of aromatic nitrogens is 2. The summed E-state index contributed by atoms with van der Waals surface area (Å²) in [6.07, 6.45) is 0.290. The van der Waals surface area contributed by atoms with Gasteiger partial charge >= 0.3 is 5.69 Å². The number of aromatic amines is 1. The van der Waals surface area contributed by atoms with Gasteiger partial charge in [0, 0.05) is 18.2 Å². The Kier molecular flexibility index (Phi) is 3.14. The van der Waals surface area contributed by atoms with Crippen molar-refractivity contribution < 1.29 is 9.84 Å². The van der Waals surface area contributed by atoms with Crippen LogP contribution >= 0.6 is 0 Å². The second-order valence-electron chi connectivity index (χ2n) is 4.20. The Hall–Kier alpha value is -1.44. The second-order valence-corrected chi connectivity index (χ2v) is 4.20. The zero-order valence-electron chi connectivity index (χ0n) is 9.37. The maximum absolute atomic E-state index is 11.6. The van der Waals surface area contributed by atoms with Crippen LogP contribution in [0.3, 0.4) is 0 Å². The number of hydrogen-bond acceptors (Lipinski definition) is 5. The van der Waals surface area contributed by atoms with Crippen molar-refractivity contribution in [1.82, 2.24) is 9.55 Å². The summed E-state index contributed by atoms with van der Waals surface area (Å²) in [7, 11) is 0. The normalized spacial score (nSPS) is 32.9. The van der Waals surface area contributed by atoms with Crippen LogP contribution in [0.2, 0.25) is 0 Å². The van der Waals surface area contributed by atoms with Crippen LogP contribution in [0.4, 0.5) is 0 Å². The Labute approximate surface area is 96.8 Å². The summed E-state index contributed by atoms with van der Waals surface area (Å²) in [5, 5.41) is 9.11. The van der Waals surface area contributed by atoms with Gasteiger partial charge in [-0.15, -0.1) is 0 Å². The number of nitrogens with two attached hydrogens (primary N) is 1. The van der Waals surface area contributed by atoms with E-state index in [-0.39, 0.29) is 12.5 Å². The monoisotopic (exact) mass is 241 g/mol. The fraction of sp³-hybridized carbons (Fsp3) is 0.600. The fourth-order valence-corrected chi connectivity index (χ4v) is 1.99. The Bertz CT molecular complexity index is 509. The third-order valence-electron chi connectivity index (χ3n) is 3.14. The number of H-pyrrole nitrogens is 1. The van der Waals surface area contributed by atoms with Crippen molar-refractivity contribution in [3.8, 4) is 0 Å². The third kappa shape index (κ3) is 2.04. The van der Waals surface area contributed by atoms with E-state index >= 15 is 0 Å². The van der Waals surface area contributed by atoms with Gasteiger partial charge in [0.15, 0.2) is 6.23 Å². The number of aliphatic hydroxyl groups is 1. The molecule has 17 heavy (non-hydrogen) atoms. The van der Waals surface area contributed by atoms with Crippen molar-refractivity contribution in [3.63, 3.8) is 0 Å². The van der Waals surface area contributed by atoms with Crippen LogP contribution in [-0.4, -0.2) is 33.4 Å². The summed E-state index contributed by atoms with van der Waals surface area (Å²) in [6, 6.07) is 0.824. The molecule has 7 heteroatoms. The summed E-state index contributed by atoms with van der Waals surface area (Å²) in [6.45, 7) is 1.70. The molecule has 1 aromatic heterocycles. The molecule has 1 aliphatic heterocycles. The van der Waals surface area contributed by atoms with E-state index in [0.717, 1.165) is 0 Å². The van der Waals surface area contributed by atoms with Crippen LogP contribution in [0.5, 0.6) is 0 Å². The summed E-state index contributed by atoms with van der Waals surface area (Å²) in [5.74, 6) is -0.0659. The number of ether oxygens (including phenoxy) is 1. The Balaban J connectivity index is 2.35. The van der Waals surface area contributed by atoms with E-state index < -0.39 is 29.6 Å². The first-order valence-corrected chi connectivity index (χ1v) is 5.38. The minimum absolute atomic E-state index is 0.0659. The van der Waals surface area contributed by atoms with Crippen LogP contribution in [0.25, 0.3) is 0 Å². The van der Waals surface area contributed by atoms with E-state index in [1.165, 1.54) is 16.8 Å². The molecule has 0 bridgehead atoms. The molecule has 0 aromatic carbocycles. The quantitative estimate of drug-likeness (QED) is 0.577. The van der Waals surface area contributed by atoms with E-state index in [9.17, 15) is 9.59 Å². The van der Waals surface area contributed by atoms with Crippen LogP contribution in [0, 0.1) is 5.92 Å². The van der Waals surface area contributed by atoms with Crippen LogP contribution in [0.1, 0.15) is 13.2 Å². The molecular weight excluding hydrogens is 226 g/mol. The second kappa shape index (κ2) is 4.44. The molecular formula is C10H15N3O4. The fourth-order valence-electron chi connectivity index (χ4n) is 1.99. The molecule has 94 valence electrons. The van der Waals surface area contributed by atoms with E-state index in [1.54, 1.807) is 0 Å². The molecule has 4 N–H and O–H groups in total. The van der Waals surface area contributed by atoms with Gasteiger partial charge in [0.05, 0.1) is 18.8 Å². The summed E-state index contributed by atoms with van der Waals surface area (Å²) >= 11 is 0. The largest absolute Gasteiger partial charge is 0.394 e. The van der Waals surface area contributed by atoms with Crippen LogP contribution < -0.4 is 17.0 Å². The van der Waals surface area contributed by atoms with E-state index in [1.807, 2.05) is 6.92 Å². The number of nitrogens with zero attached hydrogens (tertiary/aromatic N) is 1. The topological polar surface area (TPSA) is 110 Å². The van der Waals surface area contributed by atoms with Gasteiger partial charge in [-0.3, -0.25) is 14.3 Å². The first-order chi connectivity index (χ1) is 8.04. The molecule has 2 rings (SSSR count). The summed E-state index contributed by atoms with van der Waals surface area (Å²) in [4.78, 5) is 24.7. The molecule has 0 aliphatic carbocycles. The van der Waals surface area contributed by atoms with Crippen LogP contribution in [0.15, 0.2) is 21.9 Å². The zero-order valence-corrected chi connectivity index (χ0v) is 9.37. The average Bonchev–Trinajstić information content (AvgIpc) is 2.57. The maximum atomic E-state index is 11.6. The van der Waals surface area contributed by atoms with Crippen molar-refractivity contribution in [3.05, 3.63) is 33.1 Å². The van der Waals surface area contributed by atoms with Gasteiger partial charge in [-0.1, -0.05) is 6.92 Å². The van der Waals surface area contributed by atoms with Gasteiger partial charge in [-0.05, 0) is 0 Å². The standard InChI is InChI=1S/C10H15N3O4/c1-5-6(4-14)17-9(8(5)11)13-3-2-7(15)12-10(13)16/h2-3,5-6,8-9,14H,4,11H2,1H3,(H,12,15,16)/t5-,6-,8-,9-/m1/s1. The minimum atomic E-state index is -0.661. The third-order valence-corrected chi connectivity index (χ3v) is 3.14. The summed E-state index contributed by atoms with van der Waals surface area (Å²) in [5.41, 5.74) is 4.91. The molecule has 1 aromatic rings. The predicted molar refractivity (Wildman–Crippen MR) is 59.5 cm³/mol. The van der Waals surface area contributed by atoms with Crippen LogP contribution in [-0.2, 0) is 4.74 Å². The lowest BCUT2D eigenvalue weighted by Crippen LogP contribution is -2.39. The van der Waals surface area contributed by atoms with Gasteiger partial charge in [0.1, 0.15) is 0 Å². The highest BCUT2D eigenvalue weighted by molar-refractivity contribution is 4.93. The first kappa shape index (κ1) is 12.0. The molecule has 0 spiro atoms. The average molecular weight is 241 g/mol. The number of nitrogens with one attached hydrogen (secondary N) is 1. The van der Waals surface area contributed by atoms with Gasteiger partial charge in [0.25, 0.3) is 5.56 Å². The van der Waals surface area contributed by atoms with Crippen molar-refractivity contribution in [2.45, 2.75) is 25.3 Å². The lowest BCUT2D eigenvalue weighted by Gasteiger charge is -2.17. The maximum Gasteiger partial charge on any atom is 0.330 e. The minimum Gasteiger partial charge on any atom is -0.394 e. The van der Waals surface area contributed by atoms with Crippen molar-refractivity contribution in [2.75, 3.05) is 6.61 Å². The van der Waals surface area contributed by atoms with E-state index in [2.05, 4.69) is 4.98 Å². The highest BCUT2D eigenvalue weighted by Crippen LogP contribution is 2.30. The molecule has 1 fully saturated rings. The van der Waals surface area contributed by atoms with Gasteiger partial charge in [-0.2, -0.15) is 0 Å². The molecule has 0 saturated carbocycles. The smallest absolute Gasteiger partial charge is 0.330 e. The molecule has 1 saturated heterocycles. The molecule has 0 unspecified atom stereocenters. The van der Waals surface area contributed by atoms with Crippen molar-refractivity contribution >= 4 is 0 Å². The number of aliphatic hydroxyl groups excluding tert-OH is 1. The molecule has 7 nitrogen and oxygen atoms in total. The molecule has 0 radical (unpaired) electrons. The van der Waals surface area contributed by atoms with Gasteiger partial charge in [-0.25, -0.2) is 4.79 Å². The SMILES string of the molecule is C[C@H]1[C@@H](N)[C@H](n2ccc(=O)[nH]c2=O)O[C@@H]1CO. The number of hydrogen-bond donors (Lipinski definition) is 3. The van der Waals surface area contributed by atoms with E-state index in [4.69, 9.17) is 15.6 Å². The van der Waals surface area contributed by atoms with Crippen molar-refractivity contribution in [1.29, 1.82) is 0 Å². The molecule has 4 atom stereocenters. The molecule has 2 heterocycles. The number of rotatable bonds is 2.